The van der Waals surface area contributed by atoms with Gasteiger partial charge in [0.05, 0.1) is 0 Å². The van der Waals surface area contributed by atoms with Gasteiger partial charge >= 0.3 is 0 Å². The predicted octanol–water partition coefficient (Wildman–Crippen LogP) is 1.34. The van der Waals surface area contributed by atoms with Crippen molar-refractivity contribution in [1.82, 2.24) is 20.1 Å². The third-order valence-electron chi connectivity index (χ3n) is 3.03. The van der Waals surface area contributed by atoms with Crippen LogP contribution in [0.2, 0.25) is 0 Å². The summed E-state index contributed by atoms with van der Waals surface area (Å²) in [5.41, 5.74) is 1.13. The van der Waals surface area contributed by atoms with E-state index in [4.69, 9.17) is 0 Å². The van der Waals surface area contributed by atoms with Crippen LogP contribution in [0.1, 0.15) is 18.2 Å². The Hall–Kier alpha value is -1.68. The van der Waals surface area contributed by atoms with Crippen LogP contribution in [0.5, 0.6) is 0 Å². The van der Waals surface area contributed by atoms with Crippen molar-refractivity contribution in [2.45, 2.75) is 12.3 Å². The molecule has 82 valence electrons. The number of aromatic nitrogens is 3. The molecule has 16 heavy (non-hydrogen) atoms. The zero-order valence-electron chi connectivity index (χ0n) is 9.00. The molecule has 0 bridgehead atoms. The average molecular weight is 214 g/mol. The molecule has 1 unspecified atom stereocenters. The van der Waals surface area contributed by atoms with Gasteiger partial charge in [0.2, 0.25) is 0 Å². The second kappa shape index (κ2) is 4.06. The first kappa shape index (κ1) is 9.54. The lowest BCUT2D eigenvalue weighted by atomic mass is 10.1. The summed E-state index contributed by atoms with van der Waals surface area (Å²) < 4.78 is 2.08. The third kappa shape index (κ3) is 1.61. The molecule has 1 aromatic heterocycles. The highest BCUT2D eigenvalue weighted by Crippen LogP contribution is 2.22. The van der Waals surface area contributed by atoms with E-state index in [1.165, 1.54) is 0 Å². The van der Waals surface area contributed by atoms with Crippen LogP contribution in [0, 0.1) is 0 Å². The van der Waals surface area contributed by atoms with Gasteiger partial charge in [-0.25, -0.2) is 0 Å². The van der Waals surface area contributed by atoms with Crippen LogP contribution in [-0.4, -0.2) is 27.9 Å². The number of nitrogens with zero attached hydrogens (tertiary/aromatic N) is 3. The average Bonchev–Trinajstić information content (AvgIpc) is 3.01. The molecule has 1 atom stereocenters. The van der Waals surface area contributed by atoms with Crippen molar-refractivity contribution in [2.75, 3.05) is 13.1 Å². The molecule has 0 amide bonds. The zero-order chi connectivity index (χ0) is 10.8. The van der Waals surface area contributed by atoms with Crippen molar-refractivity contribution >= 4 is 0 Å². The van der Waals surface area contributed by atoms with E-state index in [9.17, 15) is 0 Å². The van der Waals surface area contributed by atoms with Crippen LogP contribution in [0.15, 0.2) is 36.7 Å². The van der Waals surface area contributed by atoms with Gasteiger partial charge in [0, 0.05) is 18.2 Å². The molecule has 2 aromatic rings. The number of hydrogen-bond acceptors (Lipinski definition) is 3. The van der Waals surface area contributed by atoms with Crippen molar-refractivity contribution in [3.05, 3.63) is 42.5 Å². The first-order chi connectivity index (χ1) is 7.95. The maximum Gasteiger partial charge on any atom is 0.141 e. The molecule has 4 heteroatoms. The fourth-order valence-corrected chi connectivity index (χ4v) is 2.18. The van der Waals surface area contributed by atoms with E-state index in [0.717, 1.165) is 31.0 Å². The highest BCUT2D eigenvalue weighted by Gasteiger charge is 2.22. The molecule has 0 saturated carbocycles. The van der Waals surface area contributed by atoms with Gasteiger partial charge in [0.1, 0.15) is 12.2 Å². The zero-order valence-corrected chi connectivity index (χ0v) is 9.00. The molecule has 0 spiro atoms. The Balaban J connectivity index is 1.99. The molecule has 1 aliphatic heterocycles. The number of rotatable bonds is 2. The van der Waals surface area contributed by atoms with Gasteiger partial charge in [0.15, 0.2) is 0 Å². The fraction of sp³-hybridized carbons (Fsp3) is 0.333. The van der Waals surface area contributed by atoms with Crippen molar-refractivity contribution in [3.8, 4) is 5.69 Å². The molecular formula is C12H14N4. The summed E-state index contributed by atoms with van der Waals surface area (Å²) in [4.78, 5) is 0. The molecule has 1 fully saturated rings. The molecular weight excluding hydrogens is 200 g/mol. The lowest BCUT2D eigenvalue weighted by molar-refractivity contribution is 0.682. The normalized spacial score (nSPS) is 20.1. The number of benzene rings is 1. The second-order valence-corrected chi connectivity index (χ2v) is 4.08. The molecule has 0 aliphatic carbocycles. The van der Waals surface area contributed by atoms with Crippen molar-refractivity contribution in [1.29, 1.82) is 0 Å². The Morgan fingerprint density at radius 3 is 2.88 bits per heavy atom. The van der Waals surface area contributed by atoms with E-state index in [1.807, 2.05) is 18.2 Å². The highest BCUT2D eigenvalue weighted by molar-refractivity contribution is 5.32. The standard InChI is InChI=1S/C12H14N4/c1-2-4-11(5-3-1)16-9-14-15-12(16)10-6-7-13-8-10/h1-5,9-10,13H,6-8H2. The van der Waals surface area contributed by atoms with Crippen LogP contribution in [0.4, 0.5) is 0 Å². The molecule has 0 radical (unpaired) electrons. The molecule has 1 aromatic carbocycles. The third-order valence-corrected chi connectivity index (χ3v) is 3.03. The lowest BCUT2D eigenvalue weighted by Crippen LogP contribution is -2.11. The summed E-state index contributed by atoms with van der Waals surface area (Å²) >= 11 is 0. The van der Waals surface area contributed by atoms with Crippen LogP contribution < -0.4 is 5.32 Å². The maximum absolute atomic E-state index is 4.25. The summed E-state index contributed by atoms with van der Waals surface area (Å²) in [6.45, 7) is 2.08. The largest absolute Gasteiger partial charge is 0.316 e. The van der Waals surface area contributed by atoms with Gasteiger partial charge < -0.3 is 5.32 Å². The summed E-state index contributed by atoms with van der Waals surface area (Å²) in [5, 5.41) is 11.6. The Morgan fingerprint density at radius 2 is 2.12 bits per heavy atom. The topological polar surface area (TPSA) is 42.7 Å². The monoisotopic (exact) mass is 214 g/mol. The lowest BCUT2D eigenvalue weighted by Gasteiger charge is -2.10. The first-order valence-electron chi connectivity index (χ1n) is 5.61. The van der Waals surface area contributed by atoms with Gasteiger partial charge in [-0.1, -0.05) is 18.2 Å². The van der Waals surface area contributed by atoms with Crippen LogP contribution in [0.25, 0.3) is 5.69 Å². The van der Waals surface area contributed by atoms with Gasteiger partial charge in [-0.3, -0.25) is 4.57 Å². The van der Waals surface area contributed by atoms with Gasteiger partial charge in [-0.05, 0) is 25.1 Å². The van der Waals surface area contributed by atoms with Crippen molar-refractivity contribution < 1.29 is 0 Å². The smallest absolute Gasteiger partial charge is 0.141 e. The Morgan fingerprint density at radius 1 is 1.25 bits per heavy atom. The summed E-state index contributed by atoms with van der Waals surface area (Å²) in [6, 6.07) is 10.2. The highest BCUT2D eigenvalue weighted by atomic mass is 15.3. The predicted molar refractivity (Wildman–Crippen MR) is 61.6 cm³/mol. The molecule has 3 rings (SSSR count). The first-order valence-corrected chi connectivity index (χ1v) is 5.61. The fourth-order valence-electron chi connectivity index (χ4n) is 2.18. The quantitative estimate of drug-likeness (QED) is 0.820. The van der Waals surface area contributed by atoms with E-state index in [1.54, 1.807) is 6.33 Å². The summed E-state index contributed by atoms with van der Waals surface area (Å²) in [5.74, 6) is 1.55. The molecule has 1 saturated heterocycles. The minimum Gasteiger partial charge on any atom is -0.316 e. The van der Waals surface area contributed by atoms with Crippen LogP contribution >= 0.6 is 0 Å². The van der Waals surface area contributed by atoms with Crippen LogP contribution in [-0.2, 0) is 0 Å². The molecule has 1 aliphatic rings. The Kier molecular flexibility index (Phi) is 2.42. The number of hydrogen-bond donors (Lipinski definition) is 1. The summed E-state index contributed by atoms with van der Waals surface area (Å²) in [7, 11) is 0. The molecule has 4 nitrogen and oxygen atoms in total. The minimum atomic E-state index is 0.489. The minimum absolute atomic E-state index is 0.489. The van der Waals surface area contributed by atoms with Crippen LogP contribution in [0.3, 0.4) is 0 Å². The van der Waals surface area contributed by atoms with Crippen molar-refractivity contribution in [3.63, 3.8) is 0 Å². The van der Waals surface area contributed by atoms with E-state index < -0.39 is 0 Å². The van der Waals surface area contributed by atoms with Gasteiger partial charge in [-0.2, -0.15) is 0 Å². The van der Waals surface area contributed by atoms with Gasteiger partial charge in [-0.15, -0.1) is 10.2 Å². The SMILES string of the molecule is c1ccc(-n2cnnc2C2CCNC2)cc1. The molecule has 2 heterocycles. The van der Waals surface area contributed by atoms with E-state index in [2.05, 4.69) is 32.2 Å². The maximum atomic E-state index is 4.25. The number of nitrogens with one attached hydrogen (secondary N) is 1. The van der Waals surface area contributed by atoms with E-state index in [0.29, 0.717) is 5.92 Å². The molecule has 1 N–H and O–H groups in total. The van der Waals surface area contributed by atoms with Gasteiger partial charge in [0.25, 0.3) is 0 Å². The van der Waals surface area contributed by atoms with E-state index >= 15 is 0 Å². The van der Waals surface area contributed by atoms with E-state index in [-0.39, 0.29) is 0 Å². The van der Waals surface area contributed by atoms with Crippen molar-refractivity contribution in [2.24, 2.45) is 0 Å². The summed E-state index contributed by atoms with van der Waals surface area (Å²) in [6.07, 6.45) is 2.94. The Bertz CT molecular complexity index is 457. The number of para-hydroxylation sites is 1. The Labute approximate surface area is 94.3 Å². The second-order valence-electron chi connectivity index (χ2n) is 4.08.